The lowest BCUT2D eigenvalue weighted by molar-refractivity contribution is 0.0918. The zero-order valence-electron chi connectivity index (χ0n) is 15.9. The molecule has 1 saturated heterocycles. The molecule has 1 fully saturated rings. The molecule has 0 aliphatic carbocycles. The summed E-state index contributed by atoms with van der Waals surface area (Å²) in [6.45, 7) is 7.25. The molecule has 6 nitrogen and oxygen atoms in total. The molecule has 1 N–H and O–H groups in total. The van der Waals surface area contributed by atoms with E-state index in [4.69, 9.17) is 14.2 Å². The van der Waals surface area contributed by atoms with Gasteiger partial charge in [-0.15, -0.1) is 0 Å². The van der Waals surface area contributed by atoms with E-state index in [0.29, 0.717) is 35.4 Å². The number of nitrogens with zero attached hydrogens (tertiary/aromatic N) is 1. The first kappa shape index (κ1) is 19.4. The minimum absolute atomic E-state index is 0.171. The Morgan fingerprint density at radius 2 is 1.80 bits per heavy atom. The highest BCUT2D eigenvalue weighted by Crippen LogP contribution is 2.39. The molecular weight excluding hydrogens is 320 g/mol. The molecule has 140 valence electrons. The molecular formula is C19H30N2O4. The maximum absolute atomic E-state index is 12.6. The number of ether oxygens (including phenoxy) is 3. The van der Waals surface area contributed by atoms with Crippen molar-refractivity contribution in [2.45, 2.75) is 32.7 Å². The molecule has 1 heterocycles. The smallest absolute Gasteiger partial charge is 0.255 e. The van der Waals surface area contributed by atoms with E-state index in [-0.39, 0.29) is 5.91 Å². The maximum atomic E-state index is 12.6. The van der Waals surface area contributed by atoms with Crippen LogP contribution >= 0.6 is 0 Å². The van der Waals surface area contributed by atoms with Crippen molar-refractivity contribution in [3.05, 3.63) is 17.7 Å². The Morgan fingerprint density at radius 3 is 2.36 bits per heavy atom. The molecule has 0 aromatic heterocycles. The fourth-order valence-electron chi connectivity index (χ4n) is 3.21. The van der Waals surface area contributed by atoms with Gasteiger partial charge in [-0.05, 0) is 50.9 Å². The fourth-order valence-corrected chi connectivity index (χ4v) is 3.21. The molecule has 1 amide bonds. The summed E-state index contributed by atoms with van der Waals surface area (Å²) < 4.78 is 16.0. The number of hydrogen-bond acceptors (Lipinski definition) is 5. The molecule has 25 heavy (non-hydrogen) atoms. The van der Waals surface area contributed by atoms with Gasteiger partial charge in [0.2, 0.25) is 5.75 Å². The van der Waals surface area contributed by atoms with Crippen LogP contribution in [0.5, 0.6) is 17.2 Å². The molecule has 1 unspecified atom stereocenters. The van der Waals surface area contributed by atoms with Crippen LogP contribution in [0.1, 0.15) is 37.0 Å². The lowest BCUT2D eigenvalue weighted by atomic mass is 9.98. The first-order valence-electron chi connectivity index (χ1n) is 8.83. The number of amides is 1. The number of benzene rings is 1. The molecule has 2 rings (SSSR count). The number of piperidine rings is 1. The second-order valence-electron chi connectivity index (χ2n) is 6.66. The highest BCUT2D eigenvalue weighted by Gasteiger charge is 2.23. The van der Waals surface area contributed by atoms with Crippen LogP contribution in [0.3, 0.4) is 0 Å². The Labute approximate surface area is 150 Å². The summed E-state index contributed by atoms with van der Waals surface area (Å²) in [5.41, 5.74) is 0.444. The number of hydrogen-bond donors (Lipinski definition) is 1. The first-order valence-corrected chi connectivity index (χ1v) is 8.83. The molecule has 0 bridgehead atoms. The molecule has 6 heteroatoms. The average Bonchev–Trinajstić information content (AvgIpc) is 2.64. The normalized spacial score (nSPS) is 17.0. The van der Waals surface area contributed by atoms with Crippen molar-refractivity contribution < 1.29 is 19.0 Å². The Hall–Kier alpha value is -1.95. The maximum Gasteiger partial charge on any atom is 0.255 e. The van der Waals surface area contributed by atoms with E-state index in [0.717, 1.165) is 19.0 Å². The van der Waals surface area contributed by atoms with E-state index in [2.05, 4.69) is 24.1 Å². The third-order valence-corrected chi connectivity index (χ3v) is 4.95. The summed E-state index contributed by atoms with van der Waals surface area (Å²) in [5, 5.41) is 3.01. The van der Waals surface area contributed by atoms with Crippen LogP contribution in [0, 0.1) is 5.92 Å². The van der Waals surface area contributed by atoms with Crippen LogP contribution in [0.4, 0.5) is 0 Å². The van der Waals surface area contributed by atoms with Gasteiger partial charge < -0.3 is 19.5 Å². The van der Waals surface area contributed by atoms with Crippen LogP contribution in [-0.2, 0) is 0 Å². The standard InChI is InChI=1S/C19H30N2O4/c1-13-8-10-21(11-9-13)14(2)12-20-19(22)15-6-7-16(23-3)18(25-5)17(15)24-4/h6-7,13-14H,8-12H2,1-5H3,(H,20,22). The average molecular weight is 350 g/mol. The summed E-state index contributed by atoms with van der Waals surface area (Å²) in [6.07, 6.45) is 2.45. The highest BCUT2D eigenvalue weighted by molar-refractivity contribution is 5.98. The first-order chi connectivity index (χ1) is 12.0. The summed E-state index contributed by atoms with van der Waals surface area (Å²) in [7, 11) is 4.60. The summed E-state index contributed by atoms with van der Waals surface area (Å²) in [4.78, 5) is 15.1. The molecule has 1 aliphatic rings. The van der Waals surface area contributed by atoms with Gasteiger partial charge in [0.15, 0.2) is 11.5 Å². The van der Waals surface area contributed by atoms with Gasteiger partial charge in [0.25, 0.3) is 5.91 Å². The van der Waals surface area contributed by atoms with Gasteiger partial charge in [-0.3, -0.25) is 9.69 Å². The van der Waals surface area contributed by atoms with E-state index in [9.17, 15) is 4.79 Å². The highest BCUT2D eigenvalue weighted by atomic mass is 16.5. The van der Waals surface area contributed by atoms with Gasteiger partial charge in [-0.25, -0.2) is 0 Å². The molecule has 0 radical (unpaired) electrons. The van der Waals surface area contributed by atoms with Gasteiger partial charge >= 0.3 is 0 Å². The lowest BCUT2D eigenvalue weighted by Crippen LogP contribution is -2.45. The minimum atomic E-state index is -0.171. The second kappa shape index (κ2) is 8.94. The predicted molar refractivity (Wildman–Crippen MR) is 97.9 cm³/mol. The van der Waals surface area contributed by atoms with E-state index >= 15 is 0 Å². The molecule has 1 atom stereocenters. The van der Waals surface area contributed by atoms with Crippen LogP contribution in [0.25, 0.3) is 0 Å². The third-order valence-electron chi connectivity index (χ3n) is 4.95. The SMILES string of the molecule is COc1ccc(C(=O)NCC(C)N2CCC(C)CC2)c(OC)c1OC. The van der Waals surface area contributed by atoms with E-state index in [1.165, 1.54) is 27.1 Å². The van der Waals surface area contributed by atoms with Gasteiger partial charge in [0.1, 0.15) is 0 Å². The molecule has 1 aromatic carbocycles. The number of methoxy groups -OCH3 is 3. The number of rotatable bonds is 7. The van der Waals surface area contributed by atoms with Gasteiger partial charge in [0.05, 0.1) is 26.9 Å². The molecule has 0 saturated carbocycles. The van der Waals surface area contributed by atoms with Gasteiger partial charge in [0, 0.05) is 12.6 Å². The molecule has 1 aromatic rings. The second-order valence-corrected chi connectivity index (χ2v) is 6.66. The van der Waals surface area contributed by atoms with Gasteiger partial charge in [-0.2, -0.15) is 0 Å². The summed E-state index contributed by atoms with van der Waals surface area (Å²) in [6, 6.07) is 3.72. The van der Waals surface area contributed by atoms with Crippen molar-refractivity contribution in [3.8, 4) is 17.2 Å². The number of likely N-dealkylation sites (tertiary alicyclic amines) is 1. The van der Waals surface area contributed by atoms with Crippen molar-refractivity contribution >= 4 is 5.91 Å². The Balaban J connectivity index is 2.03. The number of nitrogens with one attached hydrogen (secondary N) is 1. The van der Waals surface area contributed by atoms with E-state index in [1.807, 2.05) is 0 Å². The van der Waals surface area contributed by atoms with E-state index in [1.54, 1.807) is 19.2 Å². The quantitative estimate of drug-likeness (QED) is 0.819. The molecule has 1 aliphatic heterocycles. The Kier molecular flexibility index (Phi) is 6.93. The van der Waals surface area contributed by atoms with Crippen molar-refractivity contribution in [1.29, 1.82) is 0 Å². The van der Waals surface area contributed by atoms with Crippen molar-refractivity contribution in [2.75, 3.05) is 41.0 Å². The van der Waals surface area contributed by atoms with Crippen molar-refractivity contribution in [2.24, 2.45) is 5.92 Å². The van der Waals surface area contributed by atoms with Crippen LogP contribution in [-0.4, -0.2) is 57.8 Å². The largest absolute Gasteiger partial charge is 0.493 e. The van der Waals surface area contributed by atoms with Crippen molar-refractivity contribution in [3.63, 3.8) is 0 Å². The van der Waals surface area contributed by atoms with Crippen LogP contribution in [0.2, 0.25) is 0 Å². The molecule has 0 spiro atoms. The zero-order chi connectivity index (χ0) is 18.4. The Morgan fingerprint density at radius 1 is 1.16 bits per heavy atom. The summed E-state index contributed by atoms with van der Waals surface area (Å²) in [5.74, 6) is 1.98. The fraction of sp³-hybridized carbons (Fsp3) is 0.632. The van der Waals surface area contributed by atoms with E-state index < -0.39 is 0 Å². The predicted octanol–water partition coefficient (Wildman–Crippen LogP) is 2.56. The summed E-state index contributed by atoms with van der Waals surface area (Å²) >= 11 is 0. The third kappa shape index (κ3) is 4.57. The number of carbonyl (C=O) groups excluding carboxylic acids is 1. The zero-order valence-corrected chi connectivity index (χ0v) is 15.9. The topological polar surface area (TPSA) is 60.0 Å². The minimum Gasteiger partial charge on any atom is -0.493 e. The lowest BCUT2D eigenvalue weighted by Gasteiger charge is -2.35. The van der Waals surface area contributed by atoms with Crippen molar-refractivity contribution in [1.82, 2.24) is 10.2 Å². The van der Waals surface area contributed by atoms with Gasteiger partial charge in [-0.1, -0.05) is 6.92 Å². The monoisotopic (exact) mass is 350 g/mol. The Bertz CT molecular complexity index is 583. The van der Waals surface area contributed by atoms with Crippen LogP contribution in [0.15, 0.2) is 12.1 Å². The van der Waals surface area contributed by atoms with Crippen LogP contribution < -0.4 is 19.5 Å². The number of carbonyl (C=O) groups is 1.